The lowest BCUT2D eigenvalue weighted by molar-refractivity contribution is 0.416. The predicted octanol–water partition coefficient (Wildman–Crippen LogP) is 4.12. The number of benzene rings is 1. The fourth-order valence-electron chi connectivity index (χ4n) is 2.03. The molecule has 0 aliphatic carbocycles. The van der Waals surface area contributed by atoms with Crippen molar-refractivity contribution in [2.24, 2.45) is 0 Å². The molecule has 4 nitrogen and oxygen atoms in total. The average molecular weight is 351 g/mol. The van der Waals surface area contributed by atoms with Crippen LogP contribution in [0.5, 0.6) is 5.75 Å². The Labute approximate surface area is 128 Å². The number of hydrogen-bond acceptors (Lipinski definition) is 4. The molecule has 0 bridgehead atoms. The highest BCUT2D eigenvalue weighted by Gasteiger charge is 2.14. The first-order chi connectivity index (χ1) is 9.70. The molecule has 0 aliphatic rings. The SMILES string of the molecule is COc1cc(Br)ccc1-c1nnc(Cl)c2cnccc12. The van der Waals surface area contributed by atoms with Gasteiger partial charge in [0.1, 0.15) is 11.4 Å². The largest absolute Gasteiger partial charge is 0.496 e. The van der Waals surface area contributed by atoms with Gasteiger partial charge in [-0.3, -0.25) is 4.98 Å². The minimum Gasteiger partial charge on any atom is -0.496 e. The highest BCUT2D eigenvalue weighted by Crippen LogP contribution is 2.35. The Hall–Kier alpha value is -1.72. The molecule has 100 valence electrons. The number of aromatic nitrogens is 3. The number of rotatable bonds is 2. The van der Waals surface area contributed by atoms with E-state index >= 15 is 0 Å². The third-order valence-corrected chi connectivity index (χ3v) is 3.73. The summed E-state index contributed by atoms with van der Waals surface area (Å²) < 4.78 is 6.35. The van der Waals surface area contributed by atoms with Crippen molar-refractivity contribution in [1.29, 1.82) is 0 Å². The molecular formula is C14H9BrClN3O. The topological polar surface area (TPSA) is 47.9 Å². The molecule has 0 amide bonds. The van der Waals surface area contributed by atoms with Crippen LogP contribution >= 0.6 is 27.5 Å². The van der Waals surface area contributed by atoms with Crippen LogP contribution in [0.4, 0.5) is 0 Å². The van der Waals surface area contributed by atoms with E-state index in [2.05, 4.69) is 31.1 Å². The maximum atomic E-state index is 6.06. The summed E-state index contributed by atoms with van der Waals surface area (Å²) in [5.41, 5.74) is 1.58. The van der Waals surface area contributed by atoms with Crippen molar-refractivity contribution in [3.8, 4) is 17.0 Å². The molecule has 0 N–H and O–H groups in total. The zero-order chi connectivity index (χ0) is 14.1. The Morgan fingerprint density at radius 3 is 2.80 bits per heavy atom. The molecule has 3 aromatic rings. The van der Waals surface area contributed by atoms with E-state index in [9.17, 15) is 0 Å². The van der Waals surface area contributed by atoms with E-state index < -0.39 is 0 Å². The third kappa shape index (κ3) is 2.23. The van der Waals surface area contributed by atoms with Gasteiger partial charge in [-0.1, -0.05) is 27.5 Å². The quantitative estimate of drug-likeness (QED) is 0.697. The van der Waals surface area contributed by atoms with Crippen molar-refractivity contribution in [2.75, 3.05) is 7.11 Å². The second kappa shape index (κ2) is 5.34. The van der Waals surface area contributed by atoms with Crippen molar-refractivity contribution in [3.05, 3.63) is 46.3 Å². The lowest BCUT2D eigenvalue weighted by atomic mass is 10.1. The Morgan fingerprint density at radius 2 is 2.00 bits per heavy atom. The summed E-state index contributed by atoms with van der Waals surface area (Å²) in [6, 6.07) is 7.62. The number of methoxy groups -OCH3 is 1. The molecule has 1 aromatic carbocycles. The molecule has 2 heterocycles. The van der Waals surface area contributed by atoms with Crippen LogP contribution in [-0.4, -0.2) is 22.3 Å². The second-order valence-corrected chi connectivity index (χ2v) is 5.38. The summed E-state index contributed by atoms with van der Waals surface area (Å²) in [6.45, 7) is 0. The Balaban J connectivity index is 2.33. The first kappa shape index (κ1) is 13.3. The van der Waals surface area contributed by atoms with E-state index in [4.69, 9.17) is 16.3 Å². The van der Waals surface area contributed by atoms with Crippen LogP contribution in [0, 0.1) is 0 Å². The van der Waals surface area contributed by atoms with Crippen molar-refractivity contribution in [1.82, 2.24) is 15.2 Å². The zero-order valence-electron chi connectivity index (χ0n) is 10.5. The maximum Gasteiger partial charge on any atom is 0.161 e. The van der Waals surface area contributed by atoms with E-state index in [1.807, 2.05) is 24.3 Å². The summed E-state index contributed by atoms with van der Waals surface area (Å²) >= 11 is 9.49. The third-order valence-electron chi connectivity index (χ3n) is 2.95. The van der Waals surface area contributed by atoms with Gasteiger partial charge in [0.15, 0.2) is 5.15 Å². The van der Waals surface area contributed by atoms with Gasteiger partial charge in [-0.05, 0) is 24.3 Å². The fourth-order valence-corrected chi connectivity index (χ4v) is 2.56. The number of pyridine rings is 1. The zero-order valence-corrected chi connectivity index (χ0v) is 12.8. The van der Waals surface area contributed by atoms with Crippen molar-refractivity contribution < 1.29 is 4.74 Å². The van der Waals surface area contributed by atoms with Gasteiger partial charge < -0.3 is 4.74 Å². The van der Waals surface area contributed by atoms with Gasteiger partial charge in [-0.15, -0.1) is 10.2 Å². The van der Waals surface area contributed by atoms with E-state index in [1.54, 1.807) is 19.5 Å². The summed E-state index contributed by atoms with van der Waals surface area (Å²) in [5, 5.41) is 10.2. The van der Waals surface area contributed by atoms with Gasteiger partial charge >= 0.3 is 0 Å². The van der Waals surface area contributed by atoms with Crippen molar-refractivity contribution >= 4 is 38.3 Å². The second-order valence-electron chi connectivity index (χ2n) is 4.11. The van der Waals surface area contributed by atoms with Crippen LogP contribution in [0.1, 0.15) is 0 Å². The molecule has 2 aromatic heterocycles. The minimum absolute atomic E-state index is 0.341. The molecule has 0 unspecified atom stereocenters. The Bertz CT molecular complexity index is 794. The molecular weight excluding hydrogens is 342 g/mol. The number of fused-ring (bicyclic) bond motifs is 1. The molecule has 0 aliphatic heterocycles. The molecule has 0 spiro atoms. The monoisotopic (exact) mass is 349 g/mol. The molecule has 0 atom stereocenters. The summed E-state index contributed by atoms with van der Waals surface area (Å²) in [5.74, 6) is 0.717. The molecule has 0 fully saturated rings. The van der Waals surface area contributed by atoms with Crippen molar-refractivity contribution in [2.45, 2.75) is 0 Å². The smallest absolute Gasteiger partial charge is 0.161 e. The van der Waals surface area contributed by atoms with Gasteiger partial charge in [0.25, 0.3) is 0 Å². The molecule has 0 saturated carbocycles. The molecule has 0 radical (unpaired) electrons. The lowest BCUT2D eigenvalue weighted by Crippen LogP contribution is -1.95. The highest BCUT2D eigenvalue weighted by molar-refractivity contribution is 9.10. The van der Waals surface area contributed by atoms with Gasteiger partial charge in [-0.25, -0.2) is 0 Å². The van der Waals surface area contributed by atoms with Crippen LogP contribution < -0.4 is 4.74 Å². The highest BCUT2D eigenvalue weighted by atomic mass is 79.9. The number of halogens is 2. The van der Waals surface area contributed by atoms with Crippen LogP contribution in [0.2, 0.25) is 5.15 Å². The first-order valence-electron chi connectivity index (χ1n) is 5.80. The van der Waals surface area contributed by atoms with E-state index in [0.717, 1.165) is 26.5 Å². The molecule has 6 heteroatoms. The molecule has 3 rings (SSSR count). The van der Waals surface area contributed by atoms with Gasteiger partial charge in [0.05, 0.1) is 7.11 Å². The van der Waals surface area contributed by atoms with Crippen LogP contribution in [0.15, 0.2) is 41.1 Å². The fraction of sp³-hybridized carbons (Fsp3) is 0.0714. The average Bonchev–Trinajstić information content (AvgIpc) is 2.48. The lowest BCUT2D eigenvalue weighted by Gasteiger charge is -2.10. The minimum atomic E-state index is 0.341. The molecule has 20 heavy (non-hydrogen) atoms. The number of hydrogen-bond donors (Lipinski definition) is 0. The standard InChI is InChI=1S/C14H9BrClN3O/c1-20-12-6-8(15)2-3-10(12)13-9-4-5-17-7-11(9)14(16)19-18-13/h2-7H,1H3. The number of ether oxygens (including phenoxy) is 1. The maximum absolute atomic E-state index is 6.06. The Kier molecular flexibility index (Phi) is 3.54. The van der Waals surface area contributed by atoms with Crippen molar-refractivity contribution in [3.63, 3.8) is 0 Å². The van der Waals surface area contributed by atoms with Crippen LogP contribution in [0.3, 0.4) is 0 Å². The van der Waals surface area contributed by atoms with Crippen LogP contribution in [0.25, 0.3) is 22.0 Å². The van der Waals surface area contributed by atoms with E-state index in [-0.39, 0.29) is 0 Å². The van der Waals surface area contributed by atoms with Gasteiger partial charge in [0.2, 0.25) is 0 Å². The van der Waals surface area contributed by atoms with Gasteiger partial charge in [-0.2, -0.15) is 0 Å². The Morgan fingerprint density at radius 1 is 1.15 bits per heavy atom. The first-order valence-corrected chi connectivity index (χ1v) is 6.97. The number of nitrogens with zero attached hydrogens (tertiary/aromatic N) is 3. The van der Waals surface area contributed by atoms with E-state index in [1.165, 1.54) is 0 Å². The molecule has 0 saturated heterocycles. The van der Waals surface area contributed by atoms with E-state index in [0.29, 0.717) is 10.9 Å². The van der Waals surface area contributed by atoms with Crippen LogP contribution in [-0.2, 0) is 0 Å². The van der Waals surface area contributed by atoms with Gasteiger partial charge in [0, 0.05) is 33.2 Å². The normalized spacial score (nSPS) is 10.8. The summed E-state index contributed by atoms with van der Waals surface area (Å²) in [4.78, 5) is 4.07. The summed E-state index contributed by atoms with van der Waals surface area (Å²) in [7, 11) is 1.62. The summed E-state index contributed by atoms with van der Waals surface area (Å²) in [6.07, 6.45) is 3.39. The predicted molar refractivity (Wildman–Crippen MR) is 82.0 cm³/mol.